The normalized spacial score (nSPS) is 11.1. The Kier molecular flexibility index (Phi) is 5.29. The van der Waals surface area contributed by atoms with E-state index in [1.54, 1.807) is 54.1 Å². The number of rotatable bonds is 4. The molecule has 0 bridgehead atoms. The van der Waals surface area contributed by atoms with Gasteiger partial charge in [-0.25, -0.2) is 9.36 Å². The molecule has 158 valence electrons. The van der Waals surface area contributed by atoms with Crippen LogP contribution in [0.25, 0.3) is 16.7 Å². The number of benzene rings is 2. The zero-order valence-electron chi connectivity index (χ0n) is 17.3. The molecule has 7 nitrogen and oxygen atoms in total. The molecule has 8 heteroatoms. The molecule has 0 atom stereocenters. The third-order valence-corrected chi connectivity index (χ3v) is 5.55. The SMILES string of the molecule is Cc1ccc(-n2c(=O)c3c(cc(C)n3C)n(CC(=O)Nc3ccc(Cl)cc3)c2=O)cc1. The van der Waals surface area contributed by atoms with Crippen molar-refractivity contribution in [1.82, 2.24) is 13.7 Å². The van der Waals surface area contributed by atoms with Gasteiger partial charge >= 0.3 is 5.69 Å². The summed E-state index contributed by atoms with van der Waals surface area (Å²) >= 11 is 5.89. The number of halogens is 1. The average molecular weight is 437 g/mol. The van der Waals surface area contributed by atoms with Gasteiger partial charge in [0.05, 0.1) is 11.2 Å². The molecule has 0 aliphatic rings. The van der Waals surface area contributed by atoms with E-state index in [4.69, 9.17) is 11.6 Å². The van der Waals surface area contributed by atoms with Crippen molar-refractivity contribution < 1.29 is 4.79 Å². The Bertz CT molecular complexity index is 1410. The number of carbonyl (C=O) groups is 1. The summed E-state index contributed by atoms with van der Waals surface area (Å²) < 4.78 is 4.17. The molecule has 2 aromatic carbocycles. The molecule has 2 aromatic heterocycles. The second kappa shape index (κ2) is 7.92. The van der Waals surface area contributed by atoms with E-state index in [1.807, 2.05) is 26.0 Å². The highest BCUT2D eigenvalue weighted by Gasteiger charge is 2.20. The predicted octanol–water partition coefficient (Wildman–Crippen LogP) is 3.40. The third-order valence-electron chi connectivity index (χ3n) is 5.29. The summed E-state index contributed by atoms with van der Waals surface area (Å²) in [5.74, 6) is -0.388. The smallest absolute Gasteiger partial charge is 0.336 e. The number of anilines is 1. The number of aromatic nitrogens is 3. The fourth-order valence-electron chi connectivity index (χ4n) is 3.54. The largest absolute Gasteiger partial charge is 0.342 e. The van der Waals surface area contributed by atoms with Gasteiger partial charge in [0, 0.05) is 23.5 Å². The van der Waals surface area contributed by atoms with Crippen LogP contribution in [-0.2, 0) is 18.4 Å². The van der Waals surface area contributed by atoms with Crippen molar-refractivity contribution in [3.63, 3.8) is 0 Å². The first kappa shape index (κ1) is 20.7. The first-order valence-corrected chi connectivity index (χ1v) is 10.1. The van der Waals surface area contributed by atoms with Gasteiger partial charge in [0.25, 0.3) is 5.56 Å². The average Bonchev–Trinajstić information content (AvgIpc) is 3.03. The van der Waals surface area contributed by atoms with E-state index >= 15 is 0 Å². The molecular weight excluding hydrogens is 416 g/mol. The molecule has 0 fully saturated rings. The van der Waals surface area contributed by atoms with Crippen molar-refractivity contribution >= 4 is 34.2 Å². The van der Waals surface area contributed by atoms with Crippen LogP contribution in [-0.4, -0.2) is 19.6 Å². The zero-order valence-corrected chi connectivity index (χ0v) is 18.1. The second-order valence-corrected chi connectivity index (χ2v) is 7.91. The van der Waals surface area contributed by atoms with E-state index in [1.165, 1.54) is 4.57 Å². The lowest BCUT2D eigenvalue weighted by Gasteiger charge is -2.13. The Labute approximate surface area is 183 Å². The molecular formula is C23H21ClN4O3. The van der Waals surface area contributed by atoms with Crippen LogP contribution in [0.2, 0.25) is 5.02 Å². The summed E-state index contributed by atoms with van der Waals surface area (Å²) in [5.41, 5.74) is 2.62. The van der Waals surface area contributed by atoms with Crippen molar-refractivity contribution in [2.24, 2.45) is 7.05 Å². The molecule has 4 rings (SSSR count). The summed E-state index contributed by atoms with van der Waals surface area (Å²) in [6.07, 6.45) is 0. The van der Waals surface area contributed by atoms with Crippen LogP contribution < -0.4 is 16.6 Å². The number of amides is 1. The lowest BCUT2D eigenvalue weighted by molar-refractivity contribution is -0.116. The highest BCUT2D eigenvalue weighted by Crippen LogP contribution is 2.16. The number of nitrogens with one attached hydrogen (secondary N) is 1. The molecule has 0 saturated carbocycles. The molecule has 0 saturated heterocycles. The lowest BCUT2D eigenvalue weighted by Crippen LogP contribution is -2.41. The van der Waals surface area contributed by atoms with Gasteiger partial charge < -0.3 is 9.88 Å². The molecule has 0 spiro atoms. The second-order valence-electron chi connectivity index (χ2n) is 7.48. The van der Waals surface area contributed by atoms with Gasteiger partial charge in [-0.05, 0) is 56.3 Å². The number of carbonyl (C=O) groups excluding carboxylic acids is 1. The molecule has 31 heavy (non-hydrogen) atoms. The van der Waals surface area contributed by atoms with Crippen LogP contribution in [0.4, 0.5) is 5.69 Å². The van der Waals surface area contributed by atoms with E-state index < -0.39 is 11.2 Å². The minimum absolute atomic E-state index is 0.243. The highest BCUT2D eigenvalue weighted by atomic mass is 35.5. The van der Waals surface area contributed by atoms with Gasteiger partial charge in [0.1, 0.15) is 12.1 Å². The molecule has 4 aromatic rings. The molecule has 0 aliphatic carbocycles. The number of hydrogen-bond donors (Lipinski definition) is 1. The van der Waals surface area contributed by atoms with E-state index in [0.717, 1.165) is 15.8 Å². The standard InChI is InChI=1S/C23H21ClN4O3/c1-14-4-10-18(11-5-14)28-22(30)21-19(12-15(2)26(21)3)27(23(28)31)13-20(29)25-17-8-6-16(24)7-9-17/h4-12H,13H2,1-3H3,(H,25,29). The Balaban J connectivity index is 1.85. The number of fused-ring (bicyclic) bond motifs is 1. The summed E-state index contributed by atoms with van der Waals surface area (Å²) in [4.78, 5) is 39.3. The van der Waals surface area contributed by atoms with Crippen molar-refractivity contribution in [2.75, 3.05) is 5.32 Å². The number of hydrogen-bond acceptors (Lipinski definition) is 3. The fourth-order valence-corrected chi connectivity index (χ4v) is 3.66. The molecule has 0 unspecified atom stereocenters. The van der Waals surface area contributed by atoms with Gasteiger partial charge in [-0.15, -0.1) is 0 Å². The zero-order chi connectivity index (χ0) is 22.3. The van der Waals surface area contributed by atoms with Gasteiger partial charge in [0.15, 0.2) is 0 Å². The predicted molar refractivity (Wildman–Crippen MR) is 122 cm³/mol. The summed E-state index contributed by atoms with van der Waals surface area (Å²) in [6.45, 7) is 3.53. The monoisotopic (exact) mass is 436 g/mol. The quantitative estimate of drug-likeness (QED) is 0.532. The van der Waals surface area contributed by atoms with Crippen molar-refractivity contribution in [1.29, 1.82) is 0 Å². The Morgan fingerprint density at radius 1 is 1.00 bits per heavy atom. The van der Waals surface area contributed by atoms with Crippen LogP contribution in [0.5, 0.6) is 0 Å². The van der Waals surface area contributed by atoms with Gasteiger partial charge in [-0.3, -0.25) is 14.2 Å². The Morgan fingerprint density at radius 2 is 1.65 bits per heavy atom. The van der Waals surface area contributed by atoms with Gasteiger partial charge in [-0.1, -0.05) is 29.3 Å². The van der Waals surface area contributed by atoms with E-state index in [-0.39, 0.29) is 12.5 Å². The van der Waals surface area contributed by atoms with E-state index in [0.29, 0.717) is 27.4 Å². The first-order valence-electron chi connectivity index (χ1n) is 9.70. The fraction of sp³-hybridized carbons (Fsp3) is 0.174. The number of aryl methyl sites for hydroxylation is 3. The van der Waals surface area contributed by atoms with E-state index in [2.05, 4.69) is 5.32 Å². The highest BCUT2D eigenvalue weighted by molar-refractivity contribution is 6.30. The number of nitrogens with zero attached hydrogens (tertiary/aromatic N) is 3. The molecule has 1 amide bonds. The molecule has 2 heterocycles. The van der Waals surface area contributed by atoms with Crippen LogP contribution in [0.1, 0.15) is 11.3 Å². The van der Waals surface area contributed by atoms with E-state index in [9.17, 15) is 14.4 Å². The Hall–Kier alpha value is -3.58. The lowest BCUT2D eigenvalue weighted by atomic mass is 10.2. The van der Waals surface area contributed by atoms with Crippen molar-refractivity contribution in [3.8, 4) is 5.69 Å². The van der Waals surface area contributed by atoms with Crippen LogP contribution in [0.15, 0.2) is 64.2 Å². The topological polar surface area (TPSA) is 78.0 Å². The molecule has 0 aliphatic heterocycles. The summed E-state index contributed by atoms with van der Waals surface area (Å²) in [6, 6.07) is 15.5. The first-order chi connectivity index (χ1) is 14.8. The van der Waals surface area contributed by atoms with Crippen LogP contribution >= 0.6 is 11.6 Å². The molecule has 1 N–H and O–H groups in total. The van der Waals surface area contributed by atoms with Crippen molar-refractivity contribution in [3.05, 3.63) is 91.7 Å². The minimum Gasteiger partial charge on any atom is -0.342 e. The molecule has 0 radical (unpaired) electrons. The van der Waals surface area contributed by atoms with Crippen molar-refractivity contribution in [2.45, 2.75) is 20.4 Å². The van der Waals surface area contributed by atoms with Gasteiger partial charge in [0.2, 0.25) is 5.91 Å². The summed E-state index contributed by atoms with van der Waals surface area (Å²) in [7, 11) is 1.77. The summed E-state index contributed by atoms with van der Waals surface area (Å²) in [5, 5.41) is 3.32. The van der Waals surface area contributed by atoms with Gasteiger partial charge in [-0.2, -0.15) is 0 Å². The third kappa shape index (κ3) is 3.80. The maximum atomic E-state index is 13.4. The maximum Gasteiger partial charge on any atom is 0.336 e. The van der Waals surface area contributed by atoms with Crippen LogP contribution in [0.3, 0.4) is 0 Å². The maximum absolute atomic E-state index is 13.4. The Morgan fingerprint density at radius 3 is 2.29 bits per heavy atom. The minimum atomic E-state index is -0.571. The van der Waals surface area contributed by atoms with Crippen LogP contribution in [0, 0.1) is 13.8 Å².